The fourth-order valence-corrected chi connectivity index (χ4v) is 3.09. The van der Waals surface area contributed by atoms with Crippen molar-refractivity contribution in [2.75, 3.05) is 0 Å². The van der Waals surface area contributed by atoms with Crippen molar-refractivity contribution in [1.82, 2.24) is 14.8 Å². The molecule has 0 N–H and O–H groups in total. The van der Waals surface area contributed by atoms with Crippen LogP contribution in [0.25, 0.3) is 5.69 Å². The van der Waals surface area contributed by atoms with Crippen LogP contribution in [0.5, 0.6) is 0 Å². The highest BCUT2D eigenvalue weighted by molar-refractivity contribution is 7.86. The molecular formula is C13H11F4N3O2S. The molecule has 2 aromatic rings. The Kier molecular flexibility index (Phi) is 3.47. The van der Waals surface area contributed by atoms with E-state index in [4.69, 9.17) is 0 Å². The first kappa shape index (κ1) is 15.9. The minimum absolute atomic E-state index is 0.0947. The maximum Gasteiger partial charge on any atom is 0.453 e. The number of hydrogen-bond acceptors (Lipinski definition) is 4. The number of nitrogens with zero attached hydrogens (tertiary/aromatic N) is 3. The van der Waals surface area contributed by atoms with Gasteiger partial charge in [-0.1, -0.05) is 6.07 Å². The molecule has 0 aliphatic heterocycles. The summed E-state index contributed by atoms with van der Waals surface area (Å²) in [5.41, 5.74) is 0.931. The highest BCUT2D eigenvalue weighted by Crippen LogP contribution is 2.44. The molecule has 0 amide bonds. The zero-order valence-corrected chi connectivity index (χ0v) is 12.6. The molecule has 0 unspecified atom stereocenters. The van der Waals surface area contributed by atoms with Crippen LogP contribution in [0.3, 0.4) is 0 Å². The molecule has 0 spiro atoms. The van der Waals surface area contributed by atoms with Crippen molar-refractivity contribution < 1.29 is 25.5 Å². The molecule has 1 saturated carbocycles. The summed E-state index contributed by atoms with van der Waals surface area (Å²) in [5, 5.41) is 3.34. The number of halogens is 4. The van der Waals surface area contributed by atoms with Gasteiger partial charge in [-0.3, -0.25) is 0 Å². The zero-order chi connectivity index (χ0) is 17.0. The Morgan fingerprint density at radius 3 is 2.39 bits per heavy atom. The van der Waals surface area contributed by atoms with Crippen molar-refractivity contribution in [3.63, 3.8) is 0 Å². The van der Waals surface area contributed by atoms with Gasteiger partial charge in [-0.05, 0) is 42.9 Å². The van der Waals surface area contributed by atoms with Crippen LogP contribution < -0.4 is 0 Å². The summed E-state index contributed by atoms with van der Waals surface area (Å²) in [6, 6.07) is 2.49. The zero-order valence-electron chi connectivity index (χ0n) is 11.8. The second-order valence-corrected chi connectivity index (χ2v) is 6.71. The van der Waals surface area contributed by atoms with E-state index in [0.717, 1.165) is 29.9 Å². The molecule has 0 atom stereocenters. The van der Waals surface area contributed by atoms with Crippen LogP contribution in [0, 0.1) is 6.92 Å². The van der Waals surface area contributed by atoms with Gasteiger partial charge in [0.05, 0.1) is 5.69 Å². The second kappa shape index (κ2) is 5.02. The van der Waals surface area contributed by atoms with E-state index in [1.165, 1.54) is 13.0 Å². The monoisotopic (exact) mass is 349 g/mol. The summed E-state index contributed by atoms with van der Waals surface area (Å²) in [7, 11) is -4.99. The van der Waals surface area contributed by atoms with Gasteiger partial charge in [-0.25, -0.2) is 9.67 Å². The molecule has 3 rings (SSSR count). The van der Waals surface area contributed by atoms with Gasteiger partial charge < -0.3 is 0 Å². The number of rotatable bonds is 3. The largest absolute Gasteiger partial charge is 0.453 e. The van der Waals surface area contributed by atoms with Crippen molar-refractivity contribution in [3.8, 4) is 5.69 Å². The number of benzene rings is 1. The van der Waals surface area contributed by atoms with Gasteiger partial charge in [0.2, 0.25) is 0 Å². The lowest BCUT2D eigenvalue weighted by Gasteiger charge is -2.12. The quantitative estimate of drug-likeness (QED) is 0.631. The molecular weight excluding hydrogens is 338 g/mol. The molecule has 1 aromatic carbocycles. The molecule has 0 bridgehead atoms. The van der Waals surface area contributed by atoms with Crippen molar-refractivity contribution in [2.45, 2.75) is 36.8 Å². The fourth-order valence-electron chi connectivity index (χ4n) is 2.39. The van der Waals surface area contributed by atoms with Gasteiger partial charge in [0.15, 0.2) is 0 Å². The van der Waals surface area contributed by atoms with E-state index in [0.29, 0.717) is 5.56 Å². The fraction of sp³-hybridized carbons (Fsp3) is 0.385. The Morgan fingerprint density at radius 2 is 1.91 bits per heavy atom. The predicted molar refractivity (Wildman–Crippen MR) is 71.4 cm³/mol. The topological polar surface area (TPSA) is 64.8 Å². The average molecular weight is 349 g/mol. The molecule has 1 heterocycles. The maximum absolute atomic E-state index is 13.4. The lowest BCUT2D eigenvalue weighted by atomic mass is 10.1. The molecule has 0 saturated heterocycles. The molecule has 1 aromatic heterocycles. The molecule has 10 heteroatoms. The third kappa shape index (κ3) is 3.07. The van der Waals surface area contributed by atoms with Gasteiger partial charge >= 0.3 is 16.4 Å². The Morgan fingerprint density at radius 1 is 1.26 bits per heavy atom. The first-order valence-corrected chi connectivity index (χ1v) is 8.04. The molecule has 124 valence electrons. The van der Waals surface area contributed by atoms with Gasteiger partial charge in [-0.15, -0.1) is 8.98 Å². The third-order valence-corrected chi connectivity index (χ3v) is 4.56. The summed E-state index contributed by atoms with van der Waals surface area (Å²) in [5.74, 6) is -1.25. The van der Waals surface area contributed by atoms with E-state index < -0.39 is 27.1 Å². The average Bonchev–Trinajstić information content (AvgIpc) is 3.12. The standard InChI is InChI=1S/C13H11F4N3O2S/c1-7-4-9(8-2-3-8)10(5-11(7)23(17,21)22)20-6-18-12(19-20)13(14,15)16/h4-6,8H,2-3H2,1H3. The number of aromatic nitrogens is 3. The Labute approximate surface area is 129 Å². The Balaban J connectivity index is 2.19. The minimum atomic E-state index is -4.99. The molecule has 0 radical (unpaired) electrons. The van der Waals surface area contributed by atoms with Crippen molar-refractivity contribution in [2.24, 2.45) is 0 Å². The molecule has 1 aliphatic carbocycles. The summed E-state index contributed by atoms with van der Waals surface area (Å²) in [6.07, 6.45) is -2.22. The van der Waals surface area contributed by atoms with Crippen LogP contribution in [0.1, 0.15) is 35.7 Å². The van der Waals surface area contributed by atoms with Gasteiger partial charge in [0, 0.05) is 0 Å². The minimum Gasteiger partial charge on any atom is -0.220 e. The van der Waals surface area contributed by atoms with Gasteiger partial charge in [-0.2, -0.15) is 21.6 Å². The lowest BCUT2D eigenvalue weighted by Crippen LogP contribution is -2.10. The van der Waals surface area contributed by atoms with Crippen molar-refractivity contribution >= 4 is 10.2 Å². The van der Waals surface area contributed by atoms with Crippen LogP contribution in [0.15, 0.2) is 23.4 Å². The first-order chi connectivity index (χ1) is 10.6. The van der Waals surface area contributed by atoms with Crippen molar-refractivity contribution in [3.05, 3.63) is 35.4 Å². The molecule has 5 nitrogen and oxygen atoms in total. The normalized spacial score (nSPS) is 15.9. The van der Waals surface area contributed by atoms with Crippen LogP contribution in [0.2, 0.25) is 0 Å². The Hall–Kier alpha value is -1.97. The SMILES string of the molecule is Cc1cc(C2CC2)c(-n2cnc(C(F)(F)F)n2)cc1S(=O)(=O)F. The van der Waals surface area contributed by atoms with E-state index >= 15 is 0 Å². The summed E-state index contributed by atoms with van der Waals surface area (Å²) >= 11 is 0. The van der Waals surface area contributed by atoms with E-state index in [1.54, 1.807) is 0 Å². The number of aryl methyl sites for hydroxylation is 1. The van der Waals surface area contributed by atoms with E-state index in [2.05, 4.69) is 10.1 Å². The van der Waals surface area contributed by atoms with Crippen molar-refractivity contribution in [1.29, 1.82) is 0 Å². The molecule has 1 aliphatic rings. The summed E-state index contributed by atoms with van der Waals surface area (Å²) in [4.78, 5) is 2.60. The van der Waals surface area contributed by atoms with Crippen LogP contribution in [-0.4, -0.2) is 23.2 Å². The van der Waals surface area contributed by atoms with Crippen LogP contribution in [-0.2, 0) is 16.4 Å². The number of hydrogen-bond donors (Lipinski definition) is 0. The Bertz CT molecular complexity index is 870. The van der Waals surface area contributed by atoms with Gasteiger partial charge in [0.25, 0.3) is 5.82 Å². The van der Waals surface area contributed by atoms with E-state index in [9.17, 15) is 25.5 Å². The molecule has 1 fully saturated rings. The van der Waals surface area contributed by atoms with E-state index in [-0.39, 0.29) is 17.2 Å². The second-order valence-electron chi connectivity index (χ2n) is 5.40. The maximum atomic E-state index is 13.4. The highest BCUT2D eigenvalue weighted by atomic mass is 32.3. The van der Waals surface area contributed by atoms with Gasteiger partial charge in [0.1, 0.15) is 11.2 Å². The summed E-state index contributed by atoms with van der Waals surface area (Å²) < 4.78 is 74.5. The van der Waals surface area contributed by atoms with Crippen LogP contribution >= 0.6 is 0 Å². The highest BCUT2D eigenvalue weighted by Gasteiger charge is 2.36. The first-order valence-electron chi connectivity index (χ1n) is 6.66. The summed E-state index contributed by atoms with van der Waals surface area (Å²) in [6.45, 7) is 1.44. The smallest absolute Gasteiger partial charge is 0.220 e. The molecule has 23 heavy (non-hydrogen) atoms. The third-order valence-electron chi connectivity index (χ3n) is 3.60. The van der Waals surface area contributed by atoms with E-state index in [1.807, 2.05) is 0 Å². The van der Waals surface area contributed by atoms with Crippen LogP contribution in [0.4, 0.5) is 17.1 Å². The lowest BCUT2D eigenvalue weighted by molar-refractivity contribution is -0.144. The predicted octanol–water partition coefficient (Wildman–Crippen LogP) is 3.13. The number of alkyl halides is 3.